The van der Waals surface area contributed by atoms with Crippen molar-refractivity contribution in [1.82, 2.24) is 9.88 Å². The third kappa shape index (κ3) is 4.15. The zero-order valence-corrected chi connectivity index (χ0v) is 17.8. The lowest BCUT2D eigenvalue weighted by molar-refractivity contribution is 0.0774. The van der Waals surface area contributed by atoms with Crippen molar-refractivity contribution in [2.45, 2.75) is 6.42 Å². The molecule has 0 fully saturated rings. The molecule has 33 heavy (non-hydrogen) atoms. The van der Waals surface area contributed by atoms with E-state index < -0.39 is 0 Å². The molecular formula is C27H22FN3O2. The predicted molar refractivity (Wildman–Crippen MR) is 128 cm³/mol. The van der Waals surface area contributed by atoms with Crippen molar-refractivity contribution in [2.75, 3.05) is 18.4 Å². The van der Waals surface area contributed by atoms with E-state index in [1.807, 2.05) is 18.3 Å². The summed E-state index contributed by atoms with van der Waals surface area (Å²) in [6.45, 7) is 1.02. The summed E-state index contributed by atoms with van der Waals surface area (Å²) in [5, 5.41) is 3.83. The Morgan fingerprint density at radius 3 is 2.55 bits per heavy atom. The van der Waals surface area contributed by atoms with Crippen LogP contribution in [-0.2, 0) is 0 Å². The van der Waals surface area contributed by atoms with Gasteiger partial charge in [0.1, 0.15) is 5.82 Å². The number of nitrogens with one attached hydrogen (secondary N) is 2. The zero-order chi connectivity index (χ0) is 22.8. The summed E-state index contributed by atoms with van der Waals surface area (Å²) in [6, 6.07) is 20.7. The van der Waals surface area contributed by atoms with Crippen LogP contribution in [0.1, 0.15) is 32.7 Å². The van der Waals surface area contributed by atoms with Gasteiger partial charge < -0.3 is 15.2 Å². The number of nitrogens with zero attached hydrogens (tertiary/aromatic N) is 1. The number of H-pyrrole nitrogens is 1. The minimum atomic E-state index is -0.275. The number of amides is 2. The first-order valence-electron chi connectivity index (χ1n) is 10.8. The van der Waals surface area contributed by atoms with E-state index in [4.69, 9.17) is 0 Å². The average molecular weight is 439 g/mol. The lowest BCUT2D eigenvalue weighted by atomic mass is 9.98. The number of hydrogen-bond acceptors (Lipinski definition) is 2. The largest absolute Gasteiger partial charge is 0.360 e. The molecule has 0 unspecified atom stereocenters. The monoisotopic (exact) mass is 439 g/mol. The lowest BCUT2D eigenvalue weighted by Crippen LogP contribution is -2.35. The summed E-state index contributed by atoms with van der Waals surface area (Å²) in [5.74, 6) is -0.661. The third-order valence-electron chi connectivity index (χ3n) is 5.93. The number of benzene rings is 3. The second-order valence-electron chi connectivity index (χ2n) is 7.99. The Balaban J connectivity index is 1.34. The molecular weight excluding hydrogens is 417 g/mol. The average Bonchev–Trinajstić information content (AvgIpc) is 3.27. The summed E-state index contributed by atoms with van der Waals surface area (Å²) >= 11 is 0. The van der Waals surface area contributed by atoms with Gasteiger partial charge in [-0.15, -0.1) is 0 Å². The van der Waals surface area contributed by atoms with E-state index in [9.17, 15) is 14.0 Å². The van der Waals surface area contributed by atoms with Crippen molar-refractivity contribution in [1.29, 1.82) is 0 Å². The van der Waals surface area contributed by atoms with Crippen LogP contribution in [0.3, 0.4) is 0 Å². The fourth-order valence-electron chi connectivity index (χ4n) is 4.20. The number of aromatic nitrogens is 1. The van der Waals surface area contributed by atoms with Gasteiger partial charge in [-0.05, 0) is 54.5 Å². The Bertz CT molecular complexity index is 1370. The van der Waals surface area contributed by atoms with Crippen molar-refractivity contribution in [3.05, 3.63) is 108 Å². The molecule has 2 heterocycles. The van der Waals surface area contributed by atoms with Gasteiger partial charge in [0.2, 0.25) is 0 Å². The Kier molecular flexibility index (Phi) is 5.48. The lowest BCUT2D eigenvalue weighted by Gasteiger charge is -2.27. The van der Waals surface area contributed by atoms with Crippen LogP contribution in [0.25, 0.3) is 16.5 Å². The van der Waals surface area contributed by atoms with E-state index in [0.717, 1.165) is 22.0 Å². The van der Waals surface area contributed by atoms with Crippen LogP contribution in [0.4, 0.5) is 10.1 Å². The van der Waals surface area contributed by atoms with E-state index in [1.165, 1.54) is 12.1 Å². The van der Waals surface area contributed by atoms with Crippen LogP contribution in [0, 0.1) is 5.82 Å². The molecule has 0 radical (unpaired) electrons. The molecule has 1 aliphatic heterocycles. The molecule has 1 aromatic heterocycles. The quantitative estimate of drug-likeness (QED) is 0.442. The highest BCUT2D eigenvalue weighted by Gasteiger charge is 2.23. The van der Waals surface area contributed by atoms with E-state index in [0.29, 0.717) is 36.3 Å². The highest BCUT2D eigenvalue weighted by atomic mass is 19.1. The van der Waals surface area contributed by atoms with Crippen molar-refractivity contribution >= 4 is 34.0 Å². The Morgan fingerprint density at radius 1 is 0.970 bits per heavy atom. The van der Waals surface area contributed by atoms with E-state index in [-0.39, 0.29) is 17.6 Å². The van der Waals surface area contributed by atoms with Gasteiger partial charge in [0, 0.05) is 41.3 Å². The second kappa shape index (κ2) is 8.74. The maximum Gasteiger partial charge on any atom is 0.256 e. The standard InChI is InChI=1S/C27H22FN3O2/c28-20-10-11-21-23(17-29-25(21)16-20)18-12-14-31(15-13-18)27(33)22-8-4-5-9-24(22)30-26(32)19-6-2-1-3-7-19/h1-12,16-17,29H,13-15H2,(H,30,32). The van der Waals surface area contributed by atoms with Crippen LogP contribution < -0.4 is 5.32 Å². The van der Waals surface area contributed by atoms with Crippen LogP contribution in [-0.4, -0.2) is 34.8 Å². The number of halogens is 1. The molecule has 2 amide bonds. The topological polar surface area (TPSA) is 65.2 Å². The van der Waals surface area contributed by atoms with Gasteiger partial charge in [-0.1, -0.05) is 36.4 Å². The van der Waals surface area contributed by atoms with Crippen molar-refractivity contribution in [2.24, 2.45) is 0 Å². The second-order valence-corrected chi connectivity index (χ2v) is 7.99. The molecule has 1 aliphatic rings. The number of rotatable bonds is 4. The molecule has 164 valence electrons. The Labute approximate surface area is 190 Å². The number of anilines is 1. The molecule has 5 nitrogen and oxygen atoms in total. The van der Waals surface area contributed by atoms with Crippen LogP contribution >= 0.6 is 0 Å². The van der Waals surface area contributed by atoms with Gasteiger partial charge in [-0.2, -0.15) is 0 Å². The minimum Gasteiger partial charge on any atom is -0.360 e. The molecule has 0 saturated heterocycles. The molecule has 0 spiro atoms. The molecule has 0 atom stereocenters. The fraction of sp³-hybridized carbons (Fsp3) is 0.111. The van der Waals surface area contributed by atoms with E-state index >= 15 is 0 Å². The highest BCUT2D eigenvalue weighted by Crippen LogP contribution is 2.30. The number of fused-ring (bicyclic) bond motifs is 1. The van der Waals surface area contributed by atoms with Crippen molar-refractivity contribution < 1.29 is 14.0 Å². The van der Waals surface area contributed by atoms with Gasteiger partial charge >= 0.3 is 0 Å². The molecule has 0 aliphatic carbocycles. The SMILES string of the molecule is O=C(Nc1ccccc1C(=O)N1CC=C(c2c[nH]c3cc(F)ccc23)CC1)c1ccccc1. The summed E-state index contributed by atoms with van der Waals surface area (Å²) < 4.78 is 13.5. The first-order chi connectivity index (χ1) is 16.1. The maximum atomic E-state index is 13.5. The van der Waals surface area contributed by atoms with Gasteiger partial charge in [0.25, 0.3) is 11.8 Å². The number of aromatic amines is 1. The highest BCUT2D eigenvalue weighted by molar-refractivity contribution is 6.09. The van der Waals surface area contributed by atoms with Crippen molar-refractivity contribution in [3.8, 4) is 0 Å². The number of carbonyl (C=O) groups is 2. The van der Waals surface area contributed by atoms with Crippen LogP contribution in [0.15, 0.2) is 85.1 Å². The summed E-state index contributed by atoms with van der Waals surface area (Å²) in [4.78, 5) is 30.8. The predicted octanol–water partition coefficient (Wildman–Crippen LogP) is 5.49. The first-order valence-corrected chi connectivity index (χ1v) is 10.8. The Morgan fingerprint density at radius 2 is 1.76 bits per heavy atom. The number of para-hydroxylation sites is 1. The Hall–Kier alpha value is -4.19. The number of hydrogen-bond donors (Lipinski definition) is 2. The van der Waals surface area contributed by atoms with Crippen LogP contribution in [0.2, 0.25) is 0 Å². The van der Waals surface area contributed by atoms with Gasteiger partial charge in [0.05, 0.1) is 11.3 Å². The summed E-state index contributed by atoms with van der Waals surface area (Å²) in [5.41, 5.74) is 4.40. The summed E-state index contributed by atoms with van der Waals surface area (Å²) in [7, 11) is 0. The fourth-order valence-corrected chi connectivity index (χ4v) is 4.20. The molecule has 0 saturated carbocycles. The smallest absolute Gasteiger partial charge is 0.256 e. The van der Waals surface area contributed by atoms with Gasteiger partial charge in [-0.25, -0.2) is 4.39 Å². The minimum absolute atomic E-state index is 0.129. The molecule has 3 aromatic carbocycles. The molecule has 0 bridgehead atoms. The van der Waals surface area contributed by atoms with Crippen molar-refractivity contribution in [3.63, 3.8) is 0 Å². The number of carbonyl (C=O) groups excluding carboxylic acids is 2. The van der Waals surface area contributed by atoms with E-state index in [1.54, 1.807) is 59.5 Å². The van der Waals surface area contributed by atoms with Gasteiger partial charge in [-0.3, -0.25) is 9.59 Å². The van der Waals surface area contributed by atoms with Crippen LogP contribution in [0.5, 0.6) is 0 Å². The third-order valence-corrected chi connectivity index (χ3v) is 5.93. The van der Waals surface area contributed by atoms with E-state index in [2.05, 4.69) is 10.3 Å². The molecule has 6 heteroatoms. The first kappa shape index (κ1) is 20.7. The summed E-state index contributed by atoms with van der Waals surface area (Å²) in [6.07, 6.45) is 4.62. The zero-order valence-electron chi connectivity index (χ0n) is 17.8. The maximum absolute atomic E-state index is 13.5. The molecule has 4 aromatic rings. The molecule has 5 rings (SSSR count). The van der Waals surface area contributed by atoms with Gasteiger partial charge in [0.15, 0.2) is 0 Å². The molecule has 2 N–H and O–H groups in total. The normalized spacial score (nSPS) is 13.6.